The molecule has 3 heteroatoms. The van der Waals surface area contributed by atoms with E-state index in [0.29, 0.717) is 0 Å². The summed E-state index contributed by atoms with van der Waals surface area (Å²) in [6.45, 7) is 16.6. The van der Waals surface area contributed by atoms with Gasteiger partial charge in [0.15, 0.2) is 0 Å². The molecule has 0 heterocycles. The summed E-state index contributed by atoms with van der Waals surface area (Å²) in [5.74, 6) is 0. The molecule has 0 bridgehead atoms. The highest BCUT2D eigenvalue weighted by molar-refractivity contribution is 6.74. The van der Waals surface area contributed by atoms with Crippen LogP contribution >= 0.6 is 0 Å². The highest BCUT2D eigenvalue weighted by Crippen LogP contribution is 2.02. The van der Waals surface area contributed by atoms with E-state index in [1.165, 1.54) is 45.1 Å². The van der Waals surface area contributed by atoms with Crippen LogP contribution in [0, 0.1) is 0 Å². The predicted octanol–water partition coefficient (Wildman–Crippen LogP) is 2.92. The number of rotatable bonds is 9. The zero-order chi connectivity index (χ0) is 11.7. The summed E-state index contributed by atoms with van der Waals surface area (Å²) in [6.07, 6.45) is 2.54. The van der Waals surface area contributed by atoms with Gasteiger partial charge in [0, 0.05) is 13.1 Å². The molecule has 0 fully saturated rings. The molecule has 0 spiro atoms. The topological polar surface area (TPSA) is 15.3 Å². The zero-order valence-electron chi connectivity index (χ0n) is 11.4. The van der Waals surface area contributed by atoms with Gasteiger partial charge in [-0.2, -0.15) is 0 Å². The Kier molecular flexibility index (Phi) is 8.38. The molecule has 92 valence electrons. The van der Waals surface area contributed by atoms with Crippen LogP contribution in [0.15, 0.2) is 0 Å². The Morgan fingerprint density at radius 1 is 0.933 bits per heavy atom. The fourth-order valence-electron chi connectivity index (χ4n) is 1.65. The average Bonchev–Trinajstić information content (AvgIpc) is 2.18. The Hall–Kier alpha value is 0.137. The first-order valence-corrected chi connectivity index (χ1v) is 9.73. The van der Waals surface area contributed by atoms with E-state index in [0.717, 1.165) is 0 Å². The van der Waals surface area contributed by atoms with Gasteiger partial charge in [-0.05, 0) is 32.0 Å². The second-order valence-corrected chi connectivity index (χ2v) is 9.83. The lowest BCUT2D eigenvalue weighted by Crippen LogP contribution is -2.47. The van der Waals surface area contributed by atoms with Gasteiger partial charge in [-0.1, -0.05) is 33.9 Å². The molecule has 0 aliphatic rings. The Bertz CT molecular complexity index is 143. The fourth-order valence-corrected chi connectivity index (χ4v) is 2.68. The first-order valence-electron chi connectivity index (χ1n) is 6.53. The minimum Gasteiger partial charge on any atom is -0.336 e. The van der Waals surface area contributed by atoms with Crippen molar-refractivity contribution in [3.63, 3.8) is 0 Å². The molecule has 0 rings (SSSR count). The summed E-state index contributed by atoms with van der Waals surface area (Å²) in [5.41, 5.74) is 0. The van der Waals surface area contributed by atoms with E-state index < -0.39 is 8.24 Å². The molecule has 0 aromatic carbocycles. The minimum absolute atomic E-state index is 1.07. The average molecular weight is 230 g/mol. The molecular weight excluding hydrogens is 200 g/mol. The lowest BCUT2D eigenvalue weighted by molar-refractivity contribution is 0.279. The molecule has 0 aliphatic heterocycles. The van der Waals surface area contributed by atoms with Gasteiger partial charge in [0.25, 0.3) is 0 Å². The van der Waals surface area contributed by atoms with E-state index in [1.807, 2.05) is 0 Å². The number of hydrogen-bond acceptors (Lipinski definition) is 2. The van der Waals surface area contributed by atoms with Crippen LogP contribution in [0.4, 0.5) is 0 Å². The van der Waals surface area contributed by atoms with Crippen molar-refractivity contribution in [2.45, 2.75) is 52.8 Å². The van der Waals surface area contributed by atoms with Crippen molar-refractivity contribution in [3.05, 3.63) is 0 Å². The predicted molar refractivity (Wildman–Crippen MR) is 73.0 cm³/mol. The second kappa shape index (κ2) is 8.31. The molecule has 0 atom stereocenters. The highest BCUT2D eigenvalue weighted by Gasteiger charge is 2.16. The standard InChI is InChI=1S/C12H30N2Si/c1-6-10-14(11-7-2)12-9-13-15(4,5)8-3/h13H,6-12H2,1-5H3. The third kappa shape index (κ3) is 8.00. The first-order chi connectivity index (χ1) is 7.05. The number of hydrogen-bond donors (Lipinski definition) is 1. The summed E-state index contributed by atoms with van der Waals surface area (Å²) in [4.78, 5) is 6.33. The van der Waals surface area contributed by atoms with E-state index in [-0.39, 0.29) is 0 Å². The van der Waals surface area contributed by atoms with Crippen LogP contribution in [-0.4, -0.2) is 39.3 Å². The Morgan fingerprint density at radius 2 is 1.47 bits per heavy atom. The van der Waals surface area contributed by atoms with E-state index in [9.17, 15) is 0 Å². The molecule has 1 N–H and O–H groups in total. The smallest absolute Gasteiger partial charge is 0.119 e. The highest BCUT2D eigenvalue weighted by atomic mass is 28.3. The van der Waals surface area contributed by atoms with Gasteiger partial charge in [0.2, 0.25) is 0 Å². The summed E-state index contributed by atoms with van der Waals surface area (Å²) < 4.78 is 0. The van der Waals surface area contributed by atoms with Crippen molar-refractivity contribution in [1.82, 2.24) is 9.88 Å². The van der Waals surface area contributed by atoms with Gasteiger partial charge in [-0.3, -0.25) is 0 Å². The molecule has 0 saturated heterocycles. The summed E-state index contributed by atoms with van der Waals surface area (Å²) in [5, 5.41) is 0. The van der Waals surface area contributed by atoms with E-state index in [4.69, 9.17) is 0 Å². The number of nitrogens with one attached hydrogen (secondary N) is 1. The van der Waals surface area contributed by atoms with E-state index in [2.05, 4.69) is 43.7 Å². The van der Waals surface area contributed by atoms with Crippen LogP contribution in [0.2, 0.25) is 19.1 Å². The lowest BCUT2D eigenvalue weighted by atomic mass is 10.3. The maximum atomic E-state index is 3.75. The third-order valence-electron chi connectivity index (χ3n) is 3.00. The molecule has 0 aromatic rings. The van der Waals surface area contributed by atoms with Crippen LogP contribution in [0.1, 0.15) is 33.6 Å². The Balaban J connectivity index is 3.69. The Morgan fingerprint density at radius 3 is 1.87 bits per heavy atom. The van der Waals surface area contributed by atoms with Crippen molar-refractivity contribution in [2.24, 2.45) is 0 Å². The first kappa shape index (κ1) is 15.1. The maximum Gasteiger partial charge on any atom is 0.119 e. The van der Waals surface area contributed by atoms with E-state index >= 15 is 0 Å². The zero-order valence-corrected chi connectivity index (χ0v) is 12.4. The van der Waals surface area contributed by atoms with Gasteiger partial charge in [-0.15, -0.1) is 0 Å². The number of nitrogens with zero attached hydrogens (tertiary/aromatic N) is 1. The van der Waals surface area contributed by atoms with Crippen molar-refractivity contribution >= 4 is 8.24 Å². The van der Waals surface area contributed by atoms with Gasteiger partial charge in [-0.25, -0.2) is 0 Å². The second-order valence-electron chi connectivity index (χ2n) is 5.01. The van der Waals surface area contributed by atoms with Gasteiger partial charge in [0.05, 0.1) is 0 Å². The van der Waals surface area contributed by atoms with Crippen molar-refractivity contribution < 1.29 is 0 Å². The molecule has 0 amide bonds. The van der Waals surface area contributed by atoms with Gasteiger partial charge in [0.1, 0.15) is 8.24 Å². The summed E-state index contributed by atoms with van der Waals surface area (Å²) in [6, 6.07) is 1.33. The van der Waals surface area contributed by atoms with Gasteiger partial charge >= 0.3 is 0 Å². The molecule has 0 radical (unpaired) electrons. The molecule has 0 aliphatic carbocycles. The van der Waals surface area contributed by atoms with Crippen LogP contribution in [0.5, 0.6) is 0 Å². The van der Waals surface area contributed by atoms with E-state index in [1.54, 1.807) is 0 Å². The summed E-state index contributed by atoms with van der Waals surface area (Å²) in [7, 11) is -1.07. The van der Waals surface area contributed by atoms with Gasteiger partial charge < -0.3 is 9.88 Å². The summed E-state index contributed by atoms with van der Waals surface area (Å²) >= 11 is 0. The molecule has 0 saturated carbocycles. The van der Waals surface area contributed by atoms with Crippen LogP contribution in [0.25, 0.3) is 0 Å². The molecule has 0 aromatic heterocycles. The van der Waals surface area contributed by atoms with Crippen LogP contribution < -0.4 is 4.98 Å². The largest absolute Gasteiger partial charge is 0.336 e. The SMILES string of the molecule is CCCN(CCC)CCN[Si](C)(C)CC. The fraction of sp³-hybridized carbons (Fsp3) is 1.00. The minimum atomic E-state index is -1.07. The maximum absolute atomic E-state index is 3.75. The van der Waals surface area contributed by atoms with Crippen molar-refractivity contribution in [1.29, 1.82) is 0 Å². The lowest BCUT2D eigenvalue weighted by Gasteiger charge is -2.26. The monoisotopic (exact) mass is 230 g/mol. The molecule has 2 nitrogen and oxygen atoms in total. The molecular formula is C12H30N2Si. The Labute approximate surface area is 97.5 Å². The van der Waals surface area contributed by atoms with Crippen LogP contribution in [0.3, 0.4) is 0 Å². The molecule has 15 heavy (non-hydrogen) atoms. The third-order valence-corrected chi connectivity index (χ3v) is 5.97. The van der Waals surface area contributed by atoms with Crippen molar-refractivity contribution in [3.8, 4) is 0 Å². The molecule has 0 unspecified atom stereocenters. The van der Waals surface area contributed by atoms with Crippen molar-refractivity contribution in [2.75, 3.05) is 26.2 Å². The van der Waals surface area contributed by atoms with Crippen LogP contribution in [-0.2, 0) is 0 Å². The quantitative estimate of drug-likeness (QED) is 0.613. The normalized spacial score (nSPS) is 12.4.